The van der Waals surface area contributed by atoms with E-state index in [4.69, 9.17) is 14.2 Å². The van der Waals surface area contributed by atoms with Crippen LogP contribution in [0.2, 0.25) is 0 Å². The summed E-state index contributed by atoms with van der Waals surface area (Å²) in [6.07, 6.45) is 1.83. The minimum atomic E-state index is 0.0240. The maximum atomic E-state index is 12.3. The molecule has 3 aromatic rings. The third-order valence-corrected chi connectivity index (χ3v) is 5.09. The van der Waals surface area contributed by atoms with Gasteiger partial charge in [-0.25, -0.2) is 4.98 Å². The average molecular weight is 412 g/mol. The Balaban J connectivity index is 1.49. The number of amides is 1. The summed E-state index contributed by atoms with van der Waals surface area (Å²) >= 11 is 0. The molecule has 0 radical (unpaired) electrons. The topological polar surface area (TPSA) is 74.6 Å². The standard InChI is InChI=1S/C23H29N3O4/c1-16-25-18-8-5-6-9-19(18)26(16)13-7-12-24-22(27)11-10-17-14-20(28-2)23(30-4)21(15-17)29-3/h5-6,8-9,14-15H,7,10-13H2,1-4H3,(H,24,27). The van der Waals surface area contributed by atoms with Crippen molar-refractivity contribution < 1.29 is 19.0 Å². The van der Waals surface area contributed by atoms with E-state index >= 15 is 0 Å². The van der Waals surface area contributed by atoms with Crippen molar-refractivity contribution in [2.75, 3.05) is 27.9 Å². The molecule has 0 saturated heterocycles. The number of hydrogen-bond acceptors (Lipinski definition) is 5. The van der Waals surface area contributed by atoms with Gasteiger partial charge in [0.1, 0.15) is 5.82 Å². The summed E-state index contributed by atoms with van der Waals surface area (Å²) in [5.74, 6) is 2.75. The number of carbonyl (C=O) groups is 1. The van der Waals surface area contributed by atoms with Crippen LogP contribution in [0.15, 0.2) is 36.4 Å². The monoisotopic (exact) mass is 411 g/mol. The molecule has 0 bridgehead atoms. The first kappa shape index (κ1) is 21.5. The smallest absolute Gasteiger partial charge is 0.220 e. The number of rotatable bonds is 10. The lowest BCUT2D eigenvalue weighted by molar-refractivity contribution is -0.121. The van der Waals surface area contributed by atoms with Crippen LogP contribution in [0.5, 0.6) is 17.2 Å². The SMILES string of the molecule is COc1cc(CCC(=O)NCCCn2c(C)nc3ccccc32)cc(OC)c1OC. The van der Waals surface area contributed by atoms with Crippen LogP contribution in [0.4, 0.5) is 0 Å². The van der Waals surface area contributed by atoms with Crippen molar-refractivity contribution in [3.05, 3.63) is 47.8 Å². The number of benzene rings is 2. The molecule has 30 heavy (non-hydrogen) atoms. The maximum Gasteiger partial charge on any atom is 0.220 e. The van der Waals surface area contributed by atoms with Crippen molar-refractivity contribution in [1.82, 2.24) is 14.9 Å². The van der Waals surface area contributed by atoms with E-state index in [-0.39, 0.29) is 5.91 Å². The molecule has 1 N–H and O–H groups in total. The molecule has 160 valence electrons. The minimum absolute atomic E-state index is 0.0240. The summed E-state index contributed by atoms with van der Waals surface area (Å²) in [6, 6.07) is 11.9. The first-order valence-corrected chi connectivity index (χ1v) is 10.0. The second-order valence-corrected chi connectivity index (χ2v) is 7.04. The quantitative estimate of drug-likeness (QED) is 0.517. The number of nitrogens with one attached hydrogen (secondary N) is 1. The molecule has 0 saturated carbocycles. The molecule has 1 heterocycles. The third kappa shape index (κ3) is 4.84. The summed E-state index contributed by atoms with van der Waals surface area (Å²) < 4.78 is 18.3. The summed E-state index contributed by atoms with van der Waals surface area (Å²) in [4.78, 5) is 16.8. The highest BCUT2D eigenvalue weighted by molar-refractivity contribution is 5.76. The Hall–Kier alpha value is -3.22. The Bertz CT molecular complexity index is 988. The van der Waals surface area contributed by atoms with Gasteiger partial charge in [0.2, 0.25) is 11.7 Å². The highest BCUT2D eigenvalue weighted by Gasteiger charge is 2.14. The molecule has 2 aromatic carbocycles. The Morgan fingerprint density at radius 3 is 2.43 bits per heavy atom. The Kier molecular flexibility index (Phi) is 7.17. The van der Waals surface area contributed by atoms with Gasteiger partial charge in [-0.2, -0.15) is 0 Å². The van der Waals surface area contributed by atoms with Crippen molar-refractivity contribution in [1.29, 1.82) is 0 Å². The number of ether oxygens (including phenoxy) is 3. The van der Waals surface area contributed by atoms with Gasteiger partial charge < -0.3 is 24.1 Å². The number of carbonyl (C=O) groups excluding carboxylic acids is 1. The van der Waals surface area contributed by atoms with Crippen LogP contribution in [0.1, 0.15) is 24.2 Å². The third-order valence-electron chi connectivity index (χ3n) is 5.09. The van der Waals surface area contributed by atoms with Gasteiger partial charge in [0.15, 0.2) is 11.5 Å². The normalized spacial score (nSPS) is 10.8. The summed E-state index contributed by atoms with van der Waals surface area (Å²) in [6.45, 7) is 3.45. The Labute approximate surface area is 177 Å². The summed E-state index contributed by atoms with van der Waals surface area (Å²) in [7, 11) is 4.74. The van der Waals surface area contributed by atoms with Crippen LogP contribution >= 0.6 is 0 Å². The number of nitrogens with zero attached hydrogens (tertiary/aromatic N) is 2. The molecular formula is C23H29N3O4. The van der Waals surface area contributed by atoms with Gasteiger partial charge in [0, 0.05) is 19.5 Å². The molecule has 7 nitrogen and oxygen atoms in total. The molecule has 1 amide bonds. The highest BCUT2D eigenvalue weighted by Crippen LogP contribution is 2.38. The molecule has 0 aliphatic carbocycles. The second-order valence-electron chi connectivity index (χ2n) is 7.04. The van der Waals surface area contributed by atoms with Gasteiger partial charge in [-0.15, -0.1) is 0 Å². The molecule has 0 unspecified atom stereocenters. The first-order chi connectivity index (χ1) is 14.6. The lowest BCUT2D eigenvalue weighted by atomic mass is 10.1. The van der Waals surface area contributed by atoms with Crippen molar-refractivity contribution in [2.24, 2.45) is 0 Å². The molecule has 3 rings (SSSR count). The zero-order chi connectivity index (χ0) is 21.5. The Morgan fingerprint density at radius 1 is 1.07 bits per heavy atom. The van der Waals surface area contributed by atoms with E-state index in [1.54, 1.807) is 21.3 Å². The van der Waals surface area contributed by atoms with Crippen LogP contribution in [-0.4, -0.2) is 43.3 Å². The lowest BCUT2D eigenvalue weighted by Gasteiger charge is -2.14. The van der Waals surface area contributed by atoms with Gasteiger partial charge in [-0.3, -0.25) is 4.79 Å². The number of imidazole rings is 1. The first-order valence-electron chi connectivity index (χ1n) is 10.0. The highest BCUT2D eigenvalue weighted by atomic mass is 16.5. The van der Waals surface area contributed by atoms with Crippen molar-refractivity contribution in [3.8, 4) is 17.2 Å². The van der Waals surface area contributed by atoms with Gasteiger partial charge in [-0.1, -0.05) is 12.1 Å². The fourth-order valence-corrected chi connectivity index (χ4v) is 3.57. The molecular weight excluding hydrogens is 382 g/mol. The van der Waals surface area contributed by atoms with Gasteiger partial charge in [-0.05, 0) is 49.6 Å². The number of para-hydroxylation sites is 2. The fraction of sp³-hybridized carbons (Fsp3) is 0.391. The molecule has 0 aliphatic rings. The van der Waals surface area contributed by atoms with E-state index in [0.29, 0.717) is 36.6 Å². The van der Waals surface area contributed by atoms with Crippen LogP contribution in [0, 0.1) is 6.92 Å². The van der Waals surface area contributed by atoms with Gasteiger partial charge in [0.25, 0.3) is 0 Å². The zero-order valence-corrected chi connectivity index (χ0v) is 18.0. The van der Waals surface area contributed by atoms with E-state index < -0.39 is 0 Å². The minimum Gasteiger partial charge on any atom is -0.493 e. The number of aromatic nitrogens is 2. The number of methoxy groups -OCH3 is 3. The van der Waals surface area contributed by atoms with E-state index in [2.05, 4.69) is 20.9 Å². The van der Waals surface area contributed by atoms with E-state index in [9.17, 15) is 4.79 Å². The molecule has 0 fully saturated rings. The molecule has 0 atom stereocenters. The Morgan fingerprint density at radius 2 is 1.77 bits per heavy atom. The largest absolute Gasteiger partial charge is 0.493 e. The number of aryl methyl sites for hydroxylation is 3. The molecule has 0 spiro atoms. The van der Waals surface area contributed by atoms with Gasteiger partial charge >= 0.3 is 0 Å². The van der Waals surface area contributed by atoms with E-state index in [0.717, 1.165) is 35.4 Å². The maximum absolute atomic E-state index is 12.3. The molecule has 0 aliphatic heterocycles. The van der Waals surface area contributed by atoms with Crippen molar-refractivity contribution >= 4 is 16.9 Å². The predicted octanol–water partition coefficient (Wildman–Crippen LogP) is 3.51. The zero-order valence-electron chi connectivity index (χ0n) is 18.0. The van der Waals surface area contributed by atoms with E-state index in [1.165, 1.54) is 0 Å². The average Bonchev–Trinajstić information content (AvgIpc) is 3.09. The second kappa shape index (κ2) is 10.0. The summed E-state index contributed by atoms with van der Waals surface area (Å²) in [5, 5.41) is 3.00. The molecule has 7 heteroatoms. The van der Waals surface area contributed by atoms with Gasteiger partial charge in [0.05, 0.1) is 32.4 Å². The van der Waals surface area contributed by atoms with Crippen LogP contribution in [0.25, 0.3) is 11.0 Å². The number of hydrogen-bond donors (Lipinski definition) is 1. The van der Waals surface area contributed by atoms with Crippen LogP contribution < -0.4 is 19.5 Å². The predicted molar refractivity (Wildman–Crippen MR) is 117 cm³/mol. The van der Waals surface area contributed by atoms with Crippen molar-refractivity contribution in [2.45, 2.75) is 32.7 Å². The fourth-order valence-electron chi connectivity index (χ4n) is 3.57. The summed E-state index contributed by atoms with van der Waals surface area (Å²) in [5.41, 5.74) is 3.09. The van der Waals surface area contributed by atoms with Crippen LogP contribution in [0.3, 0.4) is 0 Å². The van der Waals surface area contributed by atoms with Crippen LogP contribution in [-0.2, 0) is 17.8 Å². The van der Waals surface area contributed by atoms with E-state index in [1.807, 2.05) is 37.3 Å². The molecule has 1 aromatic heterocycles. The van der Waals surface area contributed by atoms with Crippen molar-refractivity contribution in [3.63, 3.8) is 0 Å². The number of fused-ring (bicyclic) bond motifs is 1. The lowest BCUT2D eigenvalue weighted by Crippen LogP contribution is -2.25.